The highest BCUT2D eigenvalue weighted by atomic mass is 16.2. The van der Waals surface area contributed by atoms with Crippen molar-refractivity contribution in [2.24, 2.45) is 16.8 Å². The molecule has 0 aromatic rings. The van der Waals surface area contributed by atoms with E-state index in [2.05, 4.69) is 32.3 Å². The van der Waals surface area contributed by atoms with E-state index in [1.165, 1.54) is 32.4 Å². The van der Waals surface area contributed by atoms with Crippen molar-refractivity contribution in [3.63, 3.8) is 0 Å². The Labute approximate surface area is 152 Å². The standard InChI is InChI=1S/C19H35N5O/c1-3-23-10-8-15(13-23)12-21-19(20-2)22-17-9-11-24(14-17)18(25)16-6-4-5-7-16/h15-17H,3-14H2,1-2H3,(H2,20,21,22). The van der Waals surface area contributed by atoms with Crippen molar-refractivity contribution in [3.8, 4) is 0 Å². The highest BCUT2D eigenvalue weighted by molar-refractivity contribution is 5.81. The number of carbonyl (C=O) groups excluding carboxylic acids is 1. The summed E-state index contributed by atoms with van der Waals surface area (Å²) in [5, 5.41) is 7.01. The fourth-order valence-electron chi connectivity index (χ4n) is 4.50. The van der Waals surface area contributed by atoms with Crippen LogP contribution in [0.25, 0.3) is 0 Å². The van der Waals surface area contributed by atoms with Gasteiger partial charge >= 0.3 is 0 Å². The van der Waals surface area contributed by atoms with E-state index in [9.17, 15) is 4.79 Å². The molecule has 25 heavy (non-hydrogen) atoms. The third-order valence-electron chi connectivity index (χ3n) is 6.14. The average Bonchev–Trinajstić information content (AvgIpc) is 3.39. The lowest BCUT2D eigenvalue weighted by Gasteiger charge is -2.22. The minimum absolute atomic E-state index is 0.292. The molecule has 0 bridgehead atoms. The molecule has 0 radical (unpaired) electrons. The molecule has 0 aromatic carbocycles. The summed E-state index contributed by atoms with van der Waals surface area (Å²) in [6.07, 6.45) is 6.91. The van der Waals surface area contributed by atoms with Gasteiger partial charge in [-0.25, -0.2) is 0 Å². The summed E-state index contributed by atoms with van der Waals surface area (Å²) in [6, 6.07) is 0.326. The minimum atomic E-state index is 0.292. The molecule has 3 aliphatic rings. The SMILES string of the molecule is CCN1CCC(CNC(=NC)NC2CCN(C(=O)C3CCCC3)C2)C1. The second-order valence-corrected chi connectivity index (χ2v) is 7.90. The van der Waals surface area contributed by atoms with Crippen molar-refractivity contribution < 1.29 is 4.79 Å². The Morgan fingerprint density at radius 3 is 2.60 bits per heavy atom. The molecule has 3 rings (SSSR count). The quantitative estimate of drug-likeness (QED) is 0.580. The predicted molar refractivity (Wildman–Crippen MR) is 102 cm³/mol. The number of hydrogen-bond acceptors (Lipinski definition) is 3. The van der Waals surface area contributed by atoms with Gasteiger partial charge in [-0.3, -0.25) is 9.79 Å². The van der Waals surface area contributed by atoms with Gasteiger partial charge in [-0.1, -0.05) is 19.8 Å². The van der Waals surface area contributed by atoms with Gasteiger partial charge in [-0.15, -0.1) is 0 Å². The van der Waals surface area contributed by atoms with Crippen molar-refractivity contribution >= 4 is 11.9 Å². The molecule has 2 N–H and O–H groups in total. The Balaban J connectivity index is 1.39. The third-order valence-corrected chi connectivity index (χ3v) is 6.14. The average molecular weight is 350 g/mol. The van der Waals surface area contributed by atoms with E-state index in [4.69, 9.17) is 0 Å². The number of likely N-dealkylation sites (tertiary alicyclic amines) is 2. The van der Waals surface area contributed by atoms with Crippen LogP contribution in [0, 0.1) is 11.8 Å². The number of rotatable bonds is 5. The van der Waals surface area contributed by atoms with Gasteiger partial charge in [0, 0.05) is 45.2 Å². The van der Waals surface area contributed by atoms with Gasteiger partial charge in [-0.2, -0.15) is 0 Å². The number of hydrogen-bond donors (Lipinski definition) is 2. The number of nitrogens with one attached hydrogen (secondary N) is 2. The van der Waals surface area contributed by atoms with Crippen molar-refractivity contribution in [2.45, 2.75) is 51.5 Å². The lowest BCUT2D eigenvalue weighted by atomic mass is 10.1. The number of carbonyl (C=O) groups is 1. The number of aliphatic imine (C=N–C) groups is 1. The summed E-state index contributed by atoms with van der Waals surface area (Å²) in [5.41, 5.74) is 0. The highest BCUT2D eigenvalue weighted by Crippen LogP contribution is 2.27. The van der Waals surface area contributed by atoms with Crippen LogP contribution in [0.4, 0.5) is 0 Å². The molecule has 0 aromatic heterocycles. The molecule has 1 saturated carbocycles. The second kappa shape index (κ2) is 8.88. The summed E-state index contributed by atoms with van der Waals surface area (Å²) in [4.78, 5) is 21.5. The fraction of sp³-hybridized carbons (Fsp3) is 0.895. The summed E-state index contributed by atoms with van der Waals surface area (Å²) >= 11 is 0. The van der Waals surface area contributed by atoms with Crippen LogP contribution in [0.1, 0.15) is 45.4 Å². The minimum Gasteiger partial charge on any atom is -0.356 e. The van der Waals surface area contributed by atoms with E-state index < -0.39 is 0 Å². The van der Waals surface area contributed by atoms with Crippen molar-refractivity contribution in [2.75, 3.05) is 46.3 Å². The van der Waals surface area contributed by atoms with Gasteiger partial charge in [0.05, 0.1) is 0 Å². The lowest BCUT2D eigenvalue weighted by molar-refractivity contribution is -0.134. The Bertz CT molecular complexity index is 474. The van der Waals surface area contributed by atoms with Gasteiger partial charge in [0.25, 0.3) is 0 Å². The molecule has 6 heteroatoms. The molecule has 2 unspecified atom stereocenters. The molecule has 3 fully saturated rings. The van der Waals surface area contributed by atoms with E-state index in [1.54, 1.807) is 0 Å². The maximum atomic E-state index is 12.6. The van der Waals surface area contributed by atoms with Gasteiger partial charge in [-0.05, 0) is 44.7 Å². The van der Waals surface area contributed by atoms with Gasteiger partial charge in [0.1, 0.15) is 0 Å². The van der Waals surface area contributed by atoms with E-state index in [1.807, 2.05) is 7.05 Å². The van der Waals surface area contributed by atoms with Crippen LogP contribution in [0.5, 0.6) is 0 Å². The van der Waals surface area contributed by atoms with Crippen LogP contribution in [0.3, 0.4) is 0 Å². The van der Waals surface area contributed by atoms with Crippen LogP contribution in [-0.4, -0.2) is 74.0 Å². The molecule has 2 saturated heterocycles. The Hall–Kier alpha value is -1.30. The Morgan fingerprint density at radius 2 is 1.92 bits per heavy atom. The van der Waals surface area contributed by atoms with Crippen molar-refractivity contribution in [1.29, 1.82) is 0 Å². The topological polar surface area (TPSA) is 60.0 Å². The van der Waals surface area contributed by atoms with Crippen LogP contribution >= 0.6 is 0 Å². The zero-order valence-electron chi connectivity index (χ0n) is 16.0. The molecular formula is C19H35N5O. The summed E-state index contributed by atoms with van der Waals surface area (Å²) in [5.74, 6) is 2.27. The van der Waals surface area contributed by atoms with Gasteiger partial charge < -0.3 is 20.4 Å². The molecule has 2 heterocycles. The third kappa shape index (κ3) is 4.87. The van der Waals surface area contributed by atoms with Gasteiger partial charge in [0.15, 0.2) is 5.96 Å². The van der Waals surface area contributed by atoms with Gasteiger partial charge in [0.2, 0.25) is 5.91 Å². The first-order chi connectivity index (χ1) is 12.2. The smallest absolute Gasteiger partial charge is 0.225 e. The zero-order chi connectivity index (χ0) is 17.6. The van der Waals surface area contributed by atoms with Crippen LogP contribution in [-0.2, 0) is 4.79 Å². The van der Waals surface area contributed by atoms with Crippen LogP contribution in [0.15, 0.2) is 4.99 Å². The molecule has 2 atom stereocenters. The Morgan fingerprint density at radius 1 is 1.12 bits per heavy atom. The number of amides is 1. The van der Waals surface area contributed by atoms with E-state index >= 15 is 0 Å². The summed E-state index contributed by atoms with van der Waals surface area (Å²) in [6.45, 7) is 8.48. The first-order valence-electron chi connectivity index (χ1n) is 10.2. The second-order valence-electron chi connectivity index (χ2n) is 7.90. The molecule has 1 amide bonds. The molecular weight excluding hydrogens is 314 g/mol. The summed E-state index contributed by atoms with van der Waals surface area (Å²) in [7, 11) is 1.83. The molecule has 1 aliphatic carbocycles. The van der Waals surface area contributed by atoms with E-state index in [0.717, 1.165) is 51.4 Å². The number of guanidine groups is 1. The number of nitrogens with zero attached hydrogens (tertiary/aromatic N) is 3. The molecule has 6 nitrogen and oxygen atoms in total. The Kier molecular flexibility index (Phi) is 6.57. The van der Waals surface area contributed by atoms with Crippen LogP contribution < -0.4 is 10.6 Å². The monoisotopic (exact) mass is 349 g/mol. The van der Waals surface area contributed by atoms with E-state index in [-0.39, 0.29) is 0 Å². The van der Waals surface area contributed by atoms with E-state index in [0.29, 0.717) is 23.8 Å². The van der Waals surface area contributed by atoms with Crippen molar-refractivity contribution in [1.82, 2.24) is 20.4 Å². The maximum absolute atomic E-state index is 12.6. The summed E-state index contributed by atoms with van der Waals surface area (Å²) < 4.78 is 0. The molecule has 2 aliphatic heterocycles. The molecule has 0 spiro atoms. The highest BCUT2D eigenvalue weighted by Gasteiger charge is 2.32. The first-order valence-corrected chi connectivity index (χ1v) is 10.2. The maximum Gasteiger partial charge on any atom is 0.225 e. The normalized spacial score (nSPS) is 28.7. The zero-order valence-corrected chi connectivity index (χ0v) is 16.0. The predicted octanol–water partition coefficient (Wildman–Crippen LogP) is 1.28. The lowest BCUT2D eigenvalue weighted by Crippen LogP contribution is -2.46. The molecule has 142 valence electrons. The fourth-order valence-corrected chi connectivity index (χ4v) is 4.50. The first kappa shape index (κ1) is 18.5. The van der Waals surface area contributed by atoms with Crippen molar-refractivity contribution in [3.05, 3.63) is 0 Å². The van der Waals surface area contributed by atoms with Crippen LogP contribution in [0.2, 0.25) is 0 Å². The largest absolute Gasteiger partial charge is 0.356 e.